The van der Waals surface area contributed by atoms with Crippen LogP contribution in [0.25, 0.3) is 0 Å². The fourth-order valence-electron chi connectivity index (χ4n) is 5.01. The maximum Gasteiger partial charge on any atom is 0.477 e. The molecule has 0 radical (unpaired) electrons. The molecule has 244 valence electrons. The van der Waals surface area contributed by atoms with Crippen LogP contribution in [0.4, 0.5) is 0 Å². The van der Waals surface area contributed by atoms with Gasteiger partial charge in [0.25, 0.3) is 5.56 Å². The van der Waals surface area contributed by atoms with Crippen molar-refractivity contribution in [2.75, 3.05) is 33.7 Å². The molecule has 5 rings (SSSR count). The monoisotopic (exact) mass is 680 g/mol. The lowest BCUT2D eigenvalue weighted by Crippen LogP contribution is -2.43. The number of hydrogen-bond donors (Lipinski definition) is 1. The van der Waals surface area contributed by atoms with E-state index in [0.29, 0.717) is 36.8 Å². The summed E-state index contributed by atoms with van der Waals surface area (Å²) >= 11 is 12.0. The zero-order chi connectivity index (χ0) is 31.1. The van der Waals surface area contributed by atoms with E-state index in [2.05, 4.69) is 4.98 Å². The van der Waals surface area contributed by atoms with Gasteiger partial charge < -0.3 is 28.4 Å². The molecule has 3 fully saturated rings. The van der Waals surface area contributed by atoms with E-state index in [1.807, 2.05) is 0 Å². The van der Waals surface area contributed by atoms with Crippen LogP contribution in [0.1, 0.15) is 44.8 Å². The summed E-state index contributed by atoms with van der Waals surface area (Å²) in [5.74, 6) is 0.304. The third kappa shape index (κ3) is 8.71. The van der Waals surface area contributed by atoms with E-state index in [0.717, 1.165) is 37.4 Å². The van der Waals surface area contributed by atoms with Gasteiger partial charge >= 0.3 is 13.5 Å². The van der Waals surface area contributed by atoms with Crippen LogP contribution in [0.3, 0.4) is 0 Å². The summed E-state index contributed by atoms with van der Waals surface area (Å²) in [6, 6.07) is 5.74. The molecule has 3 unspecified atom stereocenters. The average Bonchev–Trinajstić information content (AvgIpc) is 3.34. The Morgan fingerprint density at radius 3 is 2.41 bits per heavy atom. The van der Waals surface area contributed by atoms with Crippen molar-refractivity contribution >= 4 is 31.0 Å². The minimum Gasteiger partial charge on any atom is -0.467 e. The summed E-state index contributed by atoms with van der Waals surface area (Å²) in [7, 11) is -3.19. The summed E-state index contributed by atoms with van der Waals surface area (Å²) in [5.41, 5.74) is -1.32. The molecule has 1 aromatic carbocycles. The molecule has 0 amide bonds. The van der Waals surface area contributed by atoms with E-state index in [4.69, 9.17) is 65.2 Å². The molecular weight excluding hydrogens is 646 g/mol. The molecule has 44 heavy (non-hydrogen) atoms. The minimum absolute atomic E-state index is 0.0706. The SMILES string of the molecule is COP(=O)(OCOc1ccc(Cl)c(Cl)c1)O[C@H]1[C@@H](OC2CCCCO2)[C@H](n2ccc(=O)[nH]c2=O)O[C@@H]1COC1CCCCO1. The number of nitrogens with zero attached hydrogens (tertiary/aromatic N) is 1. The molecule has 3 saturated heterocycles. The van der Waals surface area contributed by atoms with Crippen molar-refractivity contribution in [1.29, 1.82) is 0 Å². The van der Waals surface area contributed by atoms with Gasteiger partial charge in [0.05, 0.1) is 16.7 Å². The van der Waals surface area contributed by atoms with E-state index in [1.54, 1.807) is 6.07 Å². The number of benzene rings is 1. The largest absolute Gasteiger partial charge is 0.477 e. The van der Waals surface area contributed by atoms with Gasteiger partial charge in [-0.15, -0.1) is 0 Å². The van der Waals surface area contributed by atoms with Crippen LogP contribution in [-0.4, -0.2) is 74.2 Å². The number of H-pyrrole nitrogens is 1. The molecule has 0 bridgehead atoms. The van der Waals surface area contributed by atoms with Gasteiger partial charge in [0.2, 0.25) is 0 Å². The predicted molar refractivity (Wildman–Crippen MR) is 156 cm³/mol. The van der Waals surface area contributed by atoms with Crippen molar-refractivity contribution in [2.45, 2.75) is 75.6 Å². The molecule has 14 nitrogen and oxygen atoms in total. The summed E-state index contributed by atoms with van der Waals surface area (Å²) in [5, 5.41) is 0.597. The molecule has 1 N–H and O–H groups in total. The van der Waals surface area contributed by atoms with Crippen LogP contribution < -0.4 is 16.0 Å². The van der Waals surface area contributed by atoms with Gasteiger partial charge in [-0.05, 0) is 50.7 Å². The predicted octanol–water partition coefficient (Wildman–Crippen LogP) is 4.39. The molecule has 2 aromatic rings. The highest BCUT2D eigenvalue weighted by Crippen LogP contribution is 2.53. The van der Waals surface area contributed by atoms with Crippen LogP contribution in [0, 0.1) is 0 Å². The minimum atomic E-state index is -4.35. The summed E-state index contributed by atoms with van der Waals surface area (Å²) in [6.07, 6.45) is 0.667. The lowest BCUT2D eigenvalue weighted by atomic mass is 10.1. The number of nitrogens with one attached hydrogen (secondary N) is 1. The van der Waals surface area contributed by atoms with E-state index in [1.165, 1.54) is 24.4 Å². The number of halogens is 2. The molecule has 0 spiro atoms. The van der Waals surface area contributed by atoms with E-state index >= 15 is 0 Å². The Morgan fingerprint density at radius 2 is 1.75 bits per heavy atom. The Kier molecular flexibility index (Phi) is 11.9. The quantitative estimate of drug-likeness (QED) is 0.236. The standard InChI is InChI=1S/C27H35Cl2N2O12P/c1-35-44(34,40-16-39-17-8-9-18(28)19(29)14-17)43-24-20(15-38-22-6-2-4-12-36-22)41-26(31-11-10-21(32)30-27(31)33)25(24)42-23-7-3-5-13-37-23/h8-11,14,20,22-26H,2-7,12-13,15-16H2,1H3,(H,30,32,33)/t20-,22?,23?,24-,25-,26-,44?/m1/s1. The van der Waals surface area contributed by atoms with Gasteiger partial charge in [-0.1, -0.05) is 23.2 Å². The maximum atomic E-state index is 13.8. The van der Waals surface area contributed by atoms with Gasteiger partial charge in [-0.25, -0.2) is 13.9 Å². The van der Waals surface area contributed by atoms with Crippen molar-refractivity contribution in [3.8, 4) is 5.75 Å². The lowest BCUT2D eigenvalue weighted by molar-refractivity contribution is -0.215. The first kappa shape index (κ1) is 33.6. The van der Waals surface area contributed by atoms with Crippen LogP contribution in [-0.2, 0) is 41.8 Å². The topological polar surface area (TPSA) is 155 Å². The summed E-state index contributed by atoms with van der Waals surface area (Å²) in [6.45, 7) is 0.429. The normalized spacial score (nSPS) is 28.9. The Morgan fingerprint density at radius 1 is 1.00 bits per heavy atom. The molecule has 17 heteroatoms. The molecule has 1 aromatic heterocycles. The van der Waals surface area contributed by atoms with Crippen LogP contribution in [0.2, 0.25) is 10.0 Å². The van der Waals surface area contributed by atoms with Crippen molar-refractivity contribution in [2.24, 2.45) is 0 Å². The molecule has 3 aliphatic rings. The Hall–Kier alpha value is -1.81. The van der Waals surface area contributed by atoms with Crippen molar-refractivity contribution in [3.05, 3.63) is 61.3 Å². The number of rotatable bonds is 13. The summed E-state index contributed by atoms with van der Waals surface area (Å²) < 4.78 is 67.2. The fourth-order valence-corrected chi connectivity index (χ4v) is 6.28. The number of aromatic nitrogens is 2. The molecule has 4 heterocycles. The number of hydrogen-bond acceptors (Lipinski definition) is 12. The summed E-state index contributed by atoms with van der Waals surface area (Å²) in [4.78, 5) is 26.9. The molecule has 0 saturated carbocycles. The first-order chi connectivity index (χ1) is 21.2. The number of phosphoric acid groups is 1. The van der Waals surface area contributed by atoms with E-state index < -0.39 is 63.0 Å². The van der Waals surface area contributed by atoms with Gasteiger partial charge in [-0.2, -0.15) is 0 Å². The third-order valence-corrected chi connectivity index (χ3v) is 9.35. The van der Waals surface area contributed by atoms with Crippen LogP contribution in [0.5, 0.6) is 5.75 Å². The van der Waals surface area contributed by atoms with Gasteiger partial charge in [0.1, 0.15) is 24.1 Å². The maximum absolute atomic E-state index is 13.8. The van der Waals surface area contributed by atoms with Crippen molar-refractivity contribution < 1.29 is 46.6 Å². The number of aromatic amines is 1. The highest BCUT2D eigenvalue weighted by Gasteiger charge is 2.52. The zero-order valence-electron chi connectivity index (χ0n) is 24.0. The zero-order valence-corrected chi connectivity index (χ0v) is 26.4. The number of ether oxygens (including phenoxy) is 6. The Balaban J connectivity index is 1.39. The second-order valence-corrected chi connectivity index (χ2v) is 12.8. The van der Waals surface area contributed by atoms with Crippen LogP contribution >= 0.6 is 31.0 Å². The first-order valence-corrected chi connectivity index (χ1v) is 16.5. The molecule has 3 aliphatic heterocycles. The highest BCUT2D eigenvalue weighted by molar-refractivity contribution is 7.48. The third-order valence-electron chi connectivity index (χ3n) is 7.24. The average molecular weight is 681 g/mol. The van der Waals surface area contributed by atoms with Gasteiger partial charge in [-0.3, -0.25) is 23.4 Å². The fraction of sp³-hybridized carbons (Fsp3) is 0.630. The van der Waals surface area contributed by atoms with E-state index in [-0.39, 0.29) is 11.6 Å². The first-order valence-electron chi connectivity index (χ1n) is 14.3. The molecule has 7 atom stereocenters. The number of phosphoric ester groups is 1. The lowest BCUT2D eigenvalue weighted by Gasteiger charge is -2.32. The Bertz CT molecular complexity index is 1400. The molecule has 0 aliphatic carbocycles. The van der Waals surface area contributed by atoms with Crippen molar-refractivity contribution in [3.63, 3.8) is 0 Å². The smallest absolute Gasteiger partial charge is 0.467 e. The van der Waals surface area contributed by atoms with Crippen molar-refractivity contribution in [1.82, 2.24) is 9.55 Å². The van der Waals surface area contributed by atoms with Gasteiger partial charge in [0, 0.05) is 38.7 Å². The van der Waals surface area contributed by atoms with E-state index in [9.17, 15) is 14.2 Å². The van der Waals surface area contributed by atoms with Gasteiger partial charge in [0.15, 0.2) is 25.6 Å². The highest BCUT2D eigenvalue weighted by atomic mass is 35.5. The second kappa shape index (κ2) is 15.7. The Labute approximate surface area is 263 Å². The van der Waals surface area contributed by atoms with Crippen LogP contribution in [0.15, 0.2) is 40.1 Å². The second-order valence-electron chi connectivity index (χ2n) is 10.3. The molecular formula is C27H35Cl2N2O12P.